The number of nitrogens with zero attached hydrogens (tertiary/aromatic N) is 2. The number of anilines is 3. The molecule has 0 aliphatic carbocycles. The number of phenols is 1. The Hall–Kier alpha value is -3.13. The van der Waals surface area contributed by atoms with Crippen molar-refractivity contribution in [1.82, 2.24) is 9.97 Å². The molecule has 8 heteroatoms. The van der Waals surface area contributed by atoms with E-state index in [1.807, 2.05) is 6.07 Å². The summed E-state index contributed by atoms with van der Waals surface area (Å²) in [6.07, 6.45) is 2.48. The first-order valence-electron chi connectivity index (χ1n) is 7.36. The summed E-state index contributed by atoms with van der Waals surface area (Å²) in [7, 11) is -3.35. The number of phenolic OH excluding ortho intramolecular Hbond substituents is 1. The van der Waals surface area contributed by atoms with Gasteiger partial charge in [-0.25, -0.2) is 18.4 Å². The van der Waals surface area contributed by atoms with Gasteiger partial charge in [0.1, 0.15) is 17.9 Å². The molecule has 0 aliphatic heterocycles. The normalized spacial score (nSPS) is 11.1. The second kappa shape index (κ2) is 6.78. The lowest BCUT2D eigenvalue weighted by molar-refractivity contribution is 0.477. The Kier molecular flexibility index (Phi) is 4.53. The summed E-state index contributed by atoms with van der Waals surface area (Å²) in [6, 6.07) is 15.4. The van der Waals surface area contributed by atoms with E-state index in [4.69, 9.17) is 0 Å². The monoisotopic (exact) mass is 356 g/mol. The van der Waals surface area contributed by atoms with Crippen LogP contribution >= 0.6 is 0 Å². The highest BCUT2D eigenvalue weighted by molar-refractivity contribution is 7.92. The minimum Gasteiger partial charge on any atom is -0.507 e. The van der Waals surface area contributed by atoms with Gasteiger partial charge < -0.3 is 10.4 Å². The van der Waals surface area contributed by atoms with Gasteiger partial charge in [-0.3, -0.25) is 4.72 Å². The van der Waals surface area contributed by atoms with Gasteiger partial charge in [0.2, 0.25) is 10.0 Å². The molecule has 0 fully saturated rings. The van der Waals surface area contributed by atoms with Crippen molar-refractivity contribution < 1.29 is 13.5 Å². The molecule has 0 saturated heterocycles. The summed E-state index contributed by atoms with van der Waals surface area (Å²) in [5.74, 6) is 0.649. The largest absolute Gasteiger partial charge is 0.507 e. The van der Waals surface area contributed by atoms with Crippen LogP contribution in [0.1, 0.15) is 0 Å². The number of benzene rings is 2. The molecule has 1 heterocycles. The smallest absolute Gasteiger partial charge is 0.229 e. The molecule has 0 radical (unpaired) electrons. The van der Waals surface area contributed by atoms with Gasteiger partial charge in [-0.1, -0.05) is 18.2 Å². The van der Waals surface area contributed by atoms with Crippen LogP contribution in [0.4, 0.5) is 17.2 Å². The van der Waals surface area contributed by atoms with E-state index in [1.54, 1.807) is 48.5 Å². The zero-order valence-electron chi connectivity index (χ0n) is 13.3. The summed E-state index contributed by atoms with van der Waals surface area (Å²) in [5, 5.41) is 13.0. The molecule has 0 amide bonds. The molecule has 3 aromatic rings. The summed E-state index contributed by atoms with van der Waals surface area (Å²) in [6.45, 7) is 0. The van der Waals surface area contributed by atoms with Crippen LogP contribution in [0.15, 0.2) is 60.9 Å². The van der Waals surface area contributed by atoms with Crippen LogP contribution in [0.3, 0.4) is 0 Å². The summed E-state index contributed by atoms with van der Waals surface area (Å²) < 4.78 is 25.1. The maximum atomic E-state index is 11.3. The molecule has 0 spiro atoms. The number of para-hydroxylation sites is 1. The van der Waals surface area contributed by atoms with Gasteiger partial charge in [0.25, 0.3) is 0 Å². The molecule has 0 bridgehead atoms. The number of nitrogens with one attached hydrogen (secondary N) is 2. The molecule has 7 nitrogen and oxygen atoms in total. The van der Waals surface area contributed by atoms with Crippen molar-refractivity contribution in [3.05, 3.63) is 60.9 Å². The summed E-state index contributed by atoms with van der Waals surface area (Å²) in [5.41, 5.74) is 2.28. The minimum absolute atomic E-state index is 0.131. The number of rotatable bonds is 5. The van der Waals surface area contributed by atoms with Crippen LogP contribution in [0.5, 0.6) is 5.75 Å². The predicted molar refractivity (Wildman–Crippen MR) is 97.3 cm³/mol. The minimum atomic E-state index is -3.35. The lowest BCUT2D eigenvalue weighted by Crippen LogP contribution is -2.09. The zero-order chi connectivity index (χ0) is 17.9. The summed E-state index contributed by atoms with van der Waals surface area (Å²) in [4.78, 5) is 8.33. The molecule has 0 aliphatic rings. The maximum Gasteiger partial charge on any atom is 0.229 e. The van der Waals surface area contributed by atoms with Gasteiger partial charge in [0, 0.05) is 17.3 Å². The number of hydrogen-bond acceptors (Lipinski definition) is 6. The Balaban J connectivity index is 1.86. The van der Waals surface area contributed by atoms with Crippen LogP contribution in [-0.2, 0) is 10.0 Å². The fourth-order valence-corrected chi connectivity index (χ4v) is 2.84. The van der Waals surface area contributed by atoms with Crippen molar-refractivity contribution in [3.63, 3.8) is 0 Å². The van der Waals surface area contributed by atoms with E-state index in [-0.39, 0.29) is 5.75 Å². The van der Waals surface area contributed by atoms with Crippen LogP contribution in [0.2, 0.25) is 0 Å². The van der Waals surface area contributed by atoms with Crippen molar-refractivity contribution in [2.24, 2.45) is 0 Å². The quantitative estimate of drug-likeness (QED) is 0.649. The lowest BCUT2D eigenvalue weighted by atomic mass is 10.1. The topological polar surface area (TPSA) is 104 Å². The van der Waals surface area contributed by atoms with E-state index in [1.165, 1.54) is 6.33 Å². The Morgan fingerprint density at radius 3 is 2.48 bits per heavy atom. The van der Waals surface area contributed by atoms with Gasteiger partial charge in [-0.2, -0.15) is 0 Å². The average Bonchev–Trinajstić information content (AvgIpc) is 2.54. The summed E-state index contributed by atoms with van der Waals surface area (Å²) >= 11 is 0. The first-order valence-corrected chi connectivity index (χ1v) is 9.25. The highest BCUT2D eigenvalue weighted by Gasteiger charge is 2.07. The fourth-order valence-electron chi connectivity index (χ4n) is 2.29. The van der Waals surface area contributed by atoms with Crippen molar-refractivity contribution in [1.29, 1.82) is 0 Å². The van der Waals surface area contributed by atoms with Crippen molar-refractivity contribution in [3.8, 4) is 17.0 Å². The van der Waals surface area contributed by atoms with Gasteiger partial charge in [-0.15, -0.1) is 0 Å². The number of aromatic hydroxyl groups is 1. The number of aromatic nitrogens is 2. The van der Waals surface area contributed by atoms with Crippen LogP contribution in [0.25, 0.3) is 11.3 Å². The fraction of sp³-hybridized carbons (Fsp3) is 0.0588. The second-order valence-corrected chi connectivity index (χ2v) is 7.13. The van der Waals surface area contributed by atoms with Crippen molar-refractivity contribution >= 4 is 27.2 Å². The maximum absolute atomic E-state index is 11.3. The van der Waals surface area contributed by atoms with Crippen LogP contribution in [0, 0.1) is 0 Å². The molecule has 128 valence electrons. The van der Waals surface area contributed by atoms with E-state index >= 15 is 0 Å². The standard InChI is InChI=1S/C17H16N4O3S/c1-25(23,24)21-13-6-4-5-12(9-13)20-17-10-15(18-11-19-17)14-7-2-3-8-16(14)22/h2-11,21-22H,1H3,(H,18,19,20). The Bertz CT molecular complexity index is 1010. The van der Waals surface area contributed by atoms with Gasteiger partial charge in [0.15, 0.2) is 0 Å². The molecule has 3 N–H and O–H groups in total. The van der Waals surface area contributed by atoms with Crippen LogP contribution in [-0.4, -0.2) is 29.7 Å². The van der Waals surface area contributed by atoms with Gasteiger partial charge in [-0.05, 0) is 30.3 Å². The highest BCUT2D eigenvalue weighted by atomic mass is 32.2. The van der Waals surface area contributed by atoms with E-state index in [0.29, 0.717) is 28.5 Å². The molecule has 0 atom stereocenters. The van der Waals surface area contributed by atoms with Gasteiger partial charge >= 0.3 is 0 Å². The molecular weight excluding hydrogens is 340 g/mol. The predicted octanol–water partition coefficient (Wildman–Crippen LogP) is 2.96. The third kappa shape index (κ3) is 4.45. The SMILES string of the molecule is CS(=O)(=O)Nc1cccc(Nc2cc(-c3ccccc3O)ncn2)c1. The molecule has 25 heavy (non-hydrogen) atoms. The average molecular weight is 356 g/mol. The number of sulfonamides is 1. The first-order chi connectivity index (χ1) is 11.9. The first kappa shape index (κ1) is 16.7. The van der Waals surface area contributed by atoms with E-state index in [0.717, 1.165) is 6.26 Å². The molecule has 0 saturated carbocycles. The van der Waals surface area contributed by atoms with E-state index in [9.17, 15) is 13.5 Å². The van der Waals surface area contributed by atoms with Crippen molar-refractivity contribution in [2.45, 2.75) is 0 Å². The molecule has 0 unspecified atom stereocenters. The third-order valence-corrected chi connectivity index (χ3v) is 3.89. The molecule has 2 aromatic carbocycles. The second-order valence-electron chi connectivity index (χ2n) is 5.39. The lowest BCUT2D eigenvalue weighted by Gasteiger charge is -2.10. The van der Waals surface area contributed by atoms with E-state index < -0.39 is 10.0 Å². The zero-order valence-corrected chi connectivity index (χ0v) is 14.2. The van der Waals surface area contributed by atoms with Crippen molar-refractivity contribution in [2.75, 3.05) is 16.3 Å². The molecule has 3 rings (SSSR count). The third-order valence-electron chi connectivity index (χ3n) is 3.29. The molecular formula is C17H16N4O3S. The molecule has 1 aromatic heterocycles. The number of hydrogen-bond donors (Lipinski definition) is 3. The van der Waals surface area contributed by atoms with Crippen LogP contribution < -0.4 is 10.0 Å². The Morgan fingerprint density at radius 2 is 1.72 bits per heavy atom. The highest BCUT2D eigenvalue weighted by Crippen LogP contribution is 2.28. The Labute approximate surface area is 145 Å². The van der Waals surface area contributed by atoms with Gasteiger partial charge in [0.05, 0.1) is 17.6 Å². The van der Waals surface area contributed by atoms with E-state index in [2.05, 4.69) is 20.0 Å². The Morgan fingerprint density at radius 1 is 0.960 bits per heavy atom.